The third kappa shape index (κ3) is 56.3. The molecule has 0 bridgehead atoms. The van der Waals surface area contributed by atoms with E-state index in [4.69, 9.17) is 15.3 Å². The predicted octanol–water partition coefficient (Wildman–Crippen LogP) is 9.63. The molecule has 0 atom stereocenters. The molecule has 0 radical (unpaired) electrons. The van der Waals surface area contributed by atoms with Gasteiger partial charge >= 0.3 is 17.9 Å². The summed E-state index contributed by atoms with van der Waals surface area (Å²) in [6, 6.07) is 0. The van der Waals surface area contributed by atoms with Crippen LogP contribution in [0.15, 0.2) is 0 Å². The molecule has 222 valence electrons. The summed E-state index contributed by atoms with van der Waals surface area (Å²) in [7, 11) is 0. The van der Waals surface area contributed by atoms with Crippen LogP contribution in [0.4, 0.5) is 0 Å². The van der Waals surface area contributed by atoms with Gasteiger partial charge in [0.25, 0.3) is 0 Å². The van der Waals surface area contributed by atoms with Crippen LogP contribution >= 0.6 is 0 Å². The molecule has 0 aromatic heterocycles. The summed E-state index contributed by atoms with van der Waals surface area (Å²) in [4.78, 5) is 30.4. The van der Waals surface area contributed by atoms with Gasteiger partial charge in [-0.25, -0.2) is 0 Å². The molecular formula is C30H60CrO6. The normalized spacial score (nSPS) is 9.81. The molecule has 0 rings (SSSR count). The minimum Gasteiger partial charge on any atom is -0.481 e. The first-order chi connectivity index (χ1) is 17.3. The van der Waals surface area contributed by atoms with Crippen molar-refractivity contribution in [2.45, 2.75) is 175 Å². The molecular weight excluding hydrogens is 508 g/mol. The Balaban J connectivity index is -0.000000218. The molecule has 6 nitrogen and oxygen atoms in total. The minimum absolute atomic E-state index is 0. The molecule has 3 N–H and O–H groups in total. The molecule has 0 unspecified atom stereocenters. The average molecular weight is 569 g/mol. The summed E-state index contributed by atoms with van der Waals surface area (Å²) >= 11 is 0. The SMILES string of the molecule is CCCCCCCCCC(=O)O.CCCCCCCCCC(=O)O.CCCCCCCCCC(=O)O.[Cr]. The molecule has 0 saturated carbocycles. The summed E-state index contributed by atoms with van der Waals surface area (Å²) in [6.07, 6.45) is 25.9. The van der Waals surface area contributed by atoms with E-state index < -0.39 is 17.9 Å². The fourth-order valence-electron chi connectivity index (χ4n) is 3.70. The van der Waals surface area contributed by atoms with Crippen molar-refractivity contribution in [1.29, 1.82) is 0 Å². The molecule has 0 spiro atoms. The summed E-state index contributed by atoms with van der Waals surface area (Å²) < 4.78 is 0. The van der Waals surface area contributed by atoms with Crippen LogP contribution in [0.25, 0.3) is 0 Å². The van der Waals surface area contributed by atoms with Crippen molar-refractivity contribution >= 4 is 17.9 Å². The van der Waals surface area contributed by atoms with E-state index in [0.717, 1.165) is 38.5 Å². The molecule has 0 heterocycles. The number of hydrogen-bond donors (Lipinski definition) is 3. The van der Waals surface area contributed by atoms with Gasteiger partial charge in [-0.05, 0) is 19.3 Å². The molecule has 0 aliphatic heterocycles. The second-order valence-corrected chi connectivity index (χ2v) is 9.80. The van der Waals surface area contributed by atoms with E-state index in [1.807, 2.05) is 0 Å². The maximum Gasteiger partial charge on any atom is 0.303 e. The maximum absolute atomic E-state index is 10.1. The molecule has 0 aromatic carbocycles. The Morgan fingerprint density at radius 1 is 0.351 bits per heavy atom. The van der Waals surface area contributed by atoms with Crippen molar-refractivity contribution < 1.29 is 47.1 Å². The first-order valence-corrected chi connectivity index (χ1v) is 15.0. The number of aliphatic carboxylic acids is 3. The van der Waals surface area contributed by atoms with Crippen LogP contribution in [0.5, 0.6) is 0 Å². The number of unbranched alkanes of at least 4 members (excludes halogenated alkanes) is 18. The number of carboxylic acids is 3. The van der Waals surface area contributed by atoms with Crippen LogP contribution < -0.4 is 0 Å². The van der Waals surface area contributed by atoms with Gasteiger partial charge in [0.05, 0.1) is 0 Å². The maximum atomic E-state index is 10.1. The van der Waals surface area contributed by atoms with Gasteiger partial charge in [0, 0.05) is 36.6 Å². The predicted molar refractivity (Wildman–Crippen MR) is 151 cm³/mol. The Morgan fingerprint density at radius 3 is 0.676 bits per heavy atom. The fraction of sp³-hybridized carbons (Fsp3) is 0.900. The van der Waals surface area contributed by atoms with E-state index in [1.165, 1.54) is 96.3 Å². The molecule has 0 aliphatic rings. The fourth-order valence-corrected chi connectivity index (χ4v) is 3.70. The number of carbonyl (C=O) groups is 3. The Bertz CT molecular complexity index is 404. The minimum atomic E-state index is -0.663. The van der Waals surface area contributed by atoms with Crippen LogP contribution in [0.1, 0.15) is 175 Å². The standard InChI is InChI=1S/3C10H20O2.Cr/c3*1-2-3-4-5-6-7-8-9-10(11)12;/h3*2-9H2,1H3,(H,11,12);. The van der Waals surface area contributed by atoms with Crippen molar-refractivity contribution in [3.8, 4) is 0 Å². The van der Waals surface area contributed by atoms with E-state index in [1.54, 1.807) is 0 Å². The monoisotopic (exact) mass is 568 g/mol. The van der Waals surface area contributed by atoms with E-state index in [9.17, 15) is 14.4 Å². The topological polar surface area (TPSA) is 112 Å². The van der Waals surface area contributed by atoms with Gasteiger partial charge in [-0.2, -0.15) is 0 Å². The smallest absolute Gasteiger partial charge is 0.303 e. The van der Waals surface area contributed by atoms with Crippen molar-refractivity contribution in [1.82, 2.24) is 0 Å². The molecule has 7 heteroatoms. The second-order valence-electron chi connectivity index (χ2n) is 9.80. The first kappa shape index (κ1) is 43.0. The third-order valence-electron chi connectivity index (χ3n) is 5.98. The summed E-state index contributed by atoms with van der Waals surface area (Å²) in [5.74, 6) is -1.99. The Hall–Kier alpha value is -1.06. The Kier molecular flexibility index (Phi) is 45.9. The van der Waals surface area contributed by atoms with E-state index in [-0.39, 0.29) is 17.4 Å². The van der Waals surface area contributed by atoms with Crippen molar-refractivity contribution in [2.24, 2.45) is 0 Å². The van der Waals surface area contributed by atoms with Gasteiger partial charge in [0.15, 0.2) is 0 Å². The quantitative estimate of drug-likeness (QED) is 0.0999. The van der Waals surface area contributed by atoms with E-state index in [0.29, 0.717) is 19.3 Å². The third-order valence-corrected chi connectivity index (χ3v) is 5.98. The number of carboxylic acid groups (broad SMARTS) is 3. The molecule has 0 aromatic rings. The zero-order chi connectivity index (χ0) is 27.7. The van der Waals surface area contributed by atoms with Gasteiger partial charge in [-0.15, -0.1) is 0 Å². The van der Waals surface area contributed by atoms with Crippen molar-refractivity contribution in [2.75, 3.05) is 0 Å². The molecule has 0 aliphatic carbocycles. The summed E-state index contributed by atoms with van der Waals surface area (Å²) in [5, 5.41) is 25.1. The number of rotatable bonds is 24. The van der Waals surface area contributed by atoms with Gasteiger partial charge in [-0.3, -0.25) is 14.4 Å². The first-order valence-electron chi connectivity index (χ1n) is 15.0. The molecule has 37 heavy (non-hydrogen) atoms. The van der Waals surface area contributed by atoms with Gasteiger partial charge < -0.3 is 15.3 Å². The largest absolute Gasteiger partial charge is 0.481 e. The molecule has 0 fully saturated rings. The summed E-state index contributed by atoms with van der Waals surface area (Å²) in [5.41, 5.74) is 0. The zero-order valence-corrected chi connectivity index (χ0v) is 25.7. The number of hydrogen-bond acceptors (Lipinski definition) is 3. The molecule has 0 amide bonds. The van der Waals surface area contributed by atoms with Gasteiger partial charge in [0.1, 0.15) is 0 Å². The van der Waals surface area contributed by atoms with Crippen LogP contribution in [0.3, 0.4) is 0 Å². The van der Waals surface area contributed by atoms with Crippen molar-refractivity contribution in [3.63, 3.8) is 0 Å². The van der Waals surface area contributed by atoms with Crippen LogP contribution in [0.2, 0.25) is 0 Å². The van der Waals surface area contributed by atoms with Crippen molar-refractivity contribution in [3.05, 3.63) is 0 Å². The zero-order valence-electron chi connectivity index (χ0n) is 24.4. The second kappa shape index (κ2) is 39.5. The van der Waals surface area contributed by atoms with Crippen LogP contribution in [-0.4, -0.2) is 33.2 Å². The van der Waals surface area contributed by atoms with Gasteiger partial charge in [0.2, 0.25) is 0 Å². The average Bonchev–Trinajstić information content (AvgIpc) is 2.83. The molecule has 0 saturated heterocycles. The Morgan fingerprint density at radius 2 is 0.514 bits per heavy atom. The Labute approximate surface area is 239 Å². The van der Waals surface area contributed by atoms with E-state index >= 15 is 0 Å². The van der Waals surface area contributed by atoms with E-state index in [2.05, 4.69) is 20.8 Å². The van der Waals surface area contributed by atoms with Gasteiger partial charge in [-0.1, -0.05) is 136 Å². The van der Waals surface area contributed by atoms with Crippen LogP contribution in [-0.2, 0) is 31.7 Å². The van der Waals surface area contributed by atoms with Crippen LogP contribution in [0, 0.1) is 0 Å². The summed E-state index contributed by atoms with van der Waals surface area (Å²) in [6.45, 7) is 6.60.